The molecule has 0 heterocycles. The number of anilines is 4. The Morgan fingerprint density at radius 1 is 0.711 bits per heavy atom. The van der Waals surface area contributed by atoms with Crippen molar-refractivity contribution in [2.24, 2.45) is 0 Å². The molecule has 0 aliphatic rings. The minimum Gasteiger partial charge on any atom is -0.484 e. The Morgan fingerprint density at radius 3 is 2.11 bits per heavy atom. The summed E-state index contributed by atoms with van der Waals surface area (Å²) in [4.78, 5) is 56.3. The molecule has 0 aliphatic heterocycles. The number of nitrogens with one attached hydrogen (secondary N) is 2. The number of hydrogen-bond acceptors (Lipinski definition) is 5. The summed E-state index contributed by atoms with van der Waals surface area (Å²) in [6, 6.07) is 29.1. The highest BCUT2D eigenvalue weighted by Gasteiger charge is 2.23. The van der Waals surface area contributed by atoms with Crippen LogP contribution in [0.1, 0.15) is 5.56 Å². The monoisotopic (exact) mass is 627 g/mol. The molecule has 0 aliphatic carbocycles. The van der Waals surface area contributed by atoms with E-state index in [9.17, 15) is 19.2 Å². The first-order valence-corrected chi connectivity index (χ1v) is 14.5. The molecule has 0 bridgehead atoms. The Balaban J connectivity index is 1.48. The van der Waals surface area contributed by atoms with Crippen LogP contribution in [0.15, 0.2) is 103 Å². The topological polar surface area (TPSA) is 111 Å². The maximum atomic E-state index is 13.5. The molecule has 0 fully saturated rings. The predicted molar refractivity (Wildman–Crippen MR) is 177 cm³/mol. The molecule has 0 spiro atoms. The zero-order valence-electron chi connectivity index (χ0n) is 25.2. The number of benzene rings is 4. The van der Waals surface area contributed by atoms with Crippen LogP contribution in [0.25, 0.3) is 0 Å². The maximum absolute atomic E-state index is 13.5. The van der Waals surface area contributed by atoms with Crippen LogP contribution >= 0.6 is 11.6 Å². The Kier molecular flexibility index (Phi) is 11.1. The van der Waals surface area contributed by atoms with Gasteiger partial charge in [0.15, 0.2) is 6.61 Å². The fourth-order valence-electron chi connectivity index (χ4n) is 4.32. The van der Waals surface area contributed by atoms with Crippen LogP contribution in [0.3, 0.4) is 0 Å². The molecule has 0 radical (unpaired) electrons. The largest absolute Gasteiger partial charge is 0.484 e. The van der Waals surface area contributed by atoms with Gasteiger partial charge in [0, 0.05) is 47.9 Å². The number of nitrogens with zero attached hydrogens (tertiary/aromatic N) is 3. The van der Waals surface area contributed by atoms with Crippen LogP contribution in [0, 0.1) is 6.92 Å². The molecule has 11 heteroatoms. The standard InChI is InChI=1S/C34H34ClN5O5/c1-24-10-7-12-26(18-24)37-34(44)36-21-31(41)40(22-32(42)38(2)27-13-5-4-6-14-27)29-16-9-17-30(20-29)45-23-33(43)39(3)28-15-8-11-25(35)19-28/h4-20H,21-23H2,1-3H3,(H2,36,37,44). The van der Waals surface area contributed by atoms with Gasteiger partial charge in [0.1, 0.15) is 12.3 Å². The van der Waals surface area contributed by atoms with Crippen molar-refractivity contribution in [1.29, 1.82) is 0 Å². The lowest BCUT2D eigenvalue weighted by atomic mass is 10.2. The first-order valence-electron chi connectivity index (χ1n) is 14.1. The quantitative estimate of drug-likeness (QED) is 0.228. The Labute approximate surface area is 267 Å². The van der Waals surface area contributed by atoms with Gasteiger partial charge in [-0.2, -0.15) is 0 Å². The third-order valence-electron chi connectivity index (χ3n) is 6.85. The number of likely N-dealkylation sites (N-methyl/N-ethyl adjacent to an activating group) is 2. The molecule has 0 saturated heterocycles. The van der Waals surface area contributed by atoms with Gasteiger partial charge in [-0.25, -0.2) is 4.79 Å². The normalized spacial score (nSPS) is 10.4. The van der Waals surface area contributed by atoms with E-state index in [2.05, 4.69) is 10.6 Å². The van der Waals surface area contributed by atoms with Crippen LogP contribution in [0.2, 0.25) is 5.02 Å². The van der Waals surface area contributed by atoms with Gasteiger partial charge in [-0.3, -0.25) is 14.4 Å². The Hall–Kier alpha value is -5.35. The van der Waals surface area contributed by atoms with E-state index >= 15 is 0 Å². The van der Waals surface area contributed by atoms with Gasteiger partial charge >= 0.3 is 6.03 Å². The van der Waals surface area contributed by atoms with Gasteiger partial charge in [-0.15, -0.1) is 0 Å². The molecule has 232 valence electrons. The summed E-state index contributed by atoms with van der Waals surface area (Å²) >= 11 is 6.06. The van der Waals surface area contributed by atoms with E-state index in [0.29, 0.717) is 33.5 Å². The first-order chi connectivity index (χ1) is 21.6. The highest BCUT2D eigenvalue weighted by Crippen LogP contribution is 2.23. The number of urea groups is 1. The molecule has 4 aromatic rings. The van der Waals surface area contributed by atoms with Crippen molar-refractivity contribution < 1.29 is 23.9 Å². The molecule has 0 atom stereocenters. The first kappa shape index (κ1) is 32.6. The number of amides is 5. The van der Waals surface area contributed by atoms with E-state index < -0.39 is 11.9 Å². The van der Waals surface area contributed by atoms with Crippen molar-refractivity contribution in [3.05, 3.63) is 114 Å². The lowest BCUT2D eigenvalue weighted by Crippen LogP contribution is -2.46. The fraction of sp³-hybridized carbons (Fsp3) is 0.176. The third kappa shape index (κ3) is 9.32. The zero-order valence-corrected chi connectivity index (χ0v) is 26.0. The van der Waals surface area contributed by atoms with Crippen molar-refractivity contribution in [3.8, 4) is 5.75 Å². The summed E-state index contributed by atoms with van der Waals surface area (Å²) in [7, 11) is 3.24. The Bertz CT molecular complexity index is 1670. The summed E-state index contributed by atoms with van der Waals surface area (Å²) in [5, 5.41) is 5.76. The summed E-state index contributed by atoms with van der Waals surface area (Å²) in [5.41, 5.74) is 3.17. The molecule has 2 N–H and O–H groups in total. The number of para-hydroxylation sites is 1. The molecule has 0 saturated carbocycles. The zero-order chi connectivity index (χ0) is 32.3. The summed E-state index contributed by atoms with van der Waals surface area (Å²) < 4.78 is 5.77. The predicted octanol–water partition coefficient (Wildman–Crippen LogP) is 5.51. The number of carbonyl (C=O) groups is 4. The molecular formula is C34H34ClN5O5. The number of aryl methyl sites for hydroxylation is 1. The number of halogens is 1. The smallest absolute Gasteiger partial charge is 0.319 e. The van der Waals surface area contributed by atoms with E-state index in [-0.39, 0.29) is 31.5 Å². The maximum Gasteiger partial charge on any atom is 0.319 e. The number of ether oxygens (including phenoxy) is 1. The molecule has 4 rings (SSSR count). The number of carbonyl (C=O) groups excluding carboxylic acids is 4. The van der Waals surface area contributed by atoms with Gasteiger partial charge in [0.25, 0.3) is 5.91 Å². The van der Waals surface area contributed by atoms with E-state index in [1.807, 2.05) is 37.3 Å². The van der Waals surface area contributed by atoms with Crippen molar-refractivity contribution in [2.75, 3.05) is 53.8 Å². The van der Waals surface area contributed by atoms with E-state index in [1.165, 1.54) is 14.7 Å². The Morgan fingerprint density at radius 2 is 1.38 bits per heavy atom. The number of hydrogen-bond donors (Lipinski definition) is 2. The van der Waals surface area contributed by atoms with Gasteiger partial charge in [-0.05, 0) is 67.1 Å². The number of rotatable bonds is 11. The van der Waals surface area contributed by atoms with Crippen molar-refractivity contribution in [1.82, 2.24) is 5.32 Å². The lowest BCUT2D eigenvalue weighted by Gasteiger charge is -2.26. The van der Waals surface area contributed by atoms with Gasteiger partial charge < -0.3 is 30.1 Å². The SMILES string of the molecule is Cc1cccc(NC(=O)NCC(=O)N(CC(=O)N(C)c2ccccc2)c2cccc(OCC(=O)N(C)c3cccc(Cl)c3)c2)c1. The summed E-state index contributed by atoms with van der Waals surface area (Å²) in [6.07, 6.45) is 0. The molecular weight excluding hydrogens is 594 g/mol. The molecule has 5 amide bonds. The summed E-state index contributed by atoms with van der Waals surface area (Å²) in [6.45, 7) is 0.926. The van der Waals surface area contributed by atoms with Crippen LogP contribution in [0.4, 0.5) is 27.5 Å². The minimum absolute atomic E-state index is 0.281. The van der Waals surface area contributed by atoms with Gasteiger partial charge in [0.2, 0.25) is 11.8 Å². The minimum atomic E-state index is -0.568. The second-order valence-corrected chi connectivity index (χ2v) is 10.6. The highest BCUT2D eigenvalue weighted by atomic mass is 35.5. The average Bonchev–Trinajstić information content (AvgIpc) is 3.04. The lowest BCUT2D eigenvalue weighted by molar-refractivity contribution is -0.121. The van der Waals surface area contributed by atoms with Crippen molar-refractivity contribution >= 4 is 58.1 Å². The van der Waals surface area contributed by atoms with E-state index in [4.69, 9.17) is 16.3 Å². The molecule has 4 aromatic carbocycles. The second kappa shape index (κ2) is 15.4. The summed E-state index contributed by atoms with van der Waals surface area (Å²) in [5.74, 6) is -0.896. The van der Waals surface area contributed by atoms with E-state index in [1.54, 1.807) is 86.9 Å². The van der Waals surface area contributed by atoms with Gasteiger partial charge in [0.05, 0.1) is 6.54 Å². The fourth-order valence-corrected chi connectivity index (χ4v) is 4.51. The van der Waals surface area contributed by atoms with Crippen molar-refractivity contribution in [2.45, 2.75) is 6.92 Å². The highest BCUT2D eigenvalue weighted by molar-refractivity contribution is 6.30. The van der Waals surface area contributed by atoms with Crippen molar-refractivity contribution in [3.63, 3.8) is 0 Å². The second-order valence-electron chi connectivity index (χ2n) is 10.2. The molecule has 45 heavy (non-hydrogen) atoms. The average molecular weight is 628 g/mol. The van der Waals surface area contributed by atoms with Crippen LogP contribution in [-0.2, 0) is 14.4 Å². The molecule has 10 nitrogen and oxygen atoms in total. The van der Waals surface area contributed by atoms with Crippen LogP contribution < -0.4 is 30.1 Å². The van der Waals surface area contributed by atoms with Crippen LogP contribution in [-0.4, -0.2) is 57.5 Å². The van der Waals surface area contributed by atoms with E-state index in [0.717, 1.165) is 5.56 Å². The molecule has 0 aromatic heterocycles. The molecule has 0 unspecified atom stereocenters. The van der Waals surface area contributed by atoms with Gasteiger partial charge in [-0.1, -0.05) is 54.1 Å². The van der Waals surface area contributed by atoms with Crippen LogP contribution in [0.5, 0.6) is 5.75 Å². The third-order valence-corrected chi connectivity index (χ3v) is 7.08.